The van der Waals surface area contributed by atoms with Crippen molar-refractivity contribution in [2.24, 2.45) is 0 Å². The van der Waals surface area contributed by atoms with E-state index in [0.717, 1.165) is 48.2 Å². The first kappa shape index (κ1) is 25.5. The lowest BCUT2D eigenvalue weighted by atomic mass is 10.0. The molecular formula is C31H29F2N3O2. The van der Waals surface area contributed by atoms with Crippen LogP contribution in [0, 0.1) is 11.6 Å². The summed E-state index contributed by atoms with van der Waals surface area (Å²) in [6.07, 6.45) is 3.42. The van der Waals surface area contributed by atoms with Crippen LogP contribution in [-0.4, -0.2) is 35.0 Å². The Kier molecular flexibility index (Phi) is 8.04. The first-order valence-corrected chi connectivity index (χ1v) is 12.7. The summed E-state index contributed by atoms with van der Waals surface area (Å²) in [6.45, 7) is 2.56. The number of amides is 1. The number of nitrogens with zero attached hydrogens (tertiary/aromatic N) is 2. The Balaban J connectivity index is 1.06. The van der Waals surface area contributed by atoms with Crippen molar-refractivity contribution in [2.45, 2.75) is 32.0 Å². The number of benzene rings is 3. The van der Waals surface area contributed by atoms with Crippen LogP contribution < -0.4 is 10.1 Å². The Morgan fingerprint density at radius 2 is 1.58 bits per heavy atom. The van der Waals surface area contributed by atoms with Crippen LogP contribution in [0.2, 0.25) is 0 Å². The van der Waals surface area contributed by atoms with Crippen LogP contribution in [0.15, 0.2) is 91.1 Å². The summed E-state index contributed by atoms with van der Waals surface area (Å²) in [5.74, 6) is -1.22. The first-order chi connectivity index (χ1) is 18.5. The molecule has 3 aromatic carbocycles. The smallest absolute Gasteiger partial charge is 0.251 e. The molecule has 1 saturated heterocycles. The van der Waals surface area contributed by atoms with E-state index in [1.165, 1.54) is 12.1 Å². The number of piperidine rings is 1. The normalized spacial score (nSPS) is 14.3. The fourth-order valence-electron chi connectivity index (χ4n) is 4.57. The van der Waals surface area contributed by atoms with Crippen molar-refractivity contribution in [3.05, 3.63) is 119 Å². The molecule has 0 aliphatic carbocycles. The molecule has 1 aliphatic rings. The van der Waals surface area contributed by atoms with Crippen LogP contribution in [0.4, 0.5) is 8.78 Å². The summed E-state index contributed by atoms with van der Waals surface area (Å²) < 4.78 is 32.7. The number of carbonyl (C=O) groups is 1. The number of carbonyl (C=O) groups excluding carboxylic acids is 1. The maximum atomic E-state index is 13.5. The van der Waals surface area contributed by atoms with Gasteiger partial charge < -0.3 is 10.1 Å². The molecule has 1 aromatic heterocycles. The molecule has 1 aliphatic heterocycles. The second-order valence-electron chi connectivity index (χ2n) is 9.47. The molecule has 194 valence electrons. The quantitative estimate of drug-likeness (QED) is 0.314. The molecule has 38 heavy (non-hydrogen) atoms. The standard InChI is InChI=1S/C31H29F2N3O2/c32-28-12-6-22(18-29(28)33)21-36-16-14-27(15-17-36)38-30-13-7-23(19-34-30)20-35-31(37)26-10-8-25(9-11-26)24-4-2-1-3-5-24/h1-13,18-19,27H,14-17,20-21H2,(H,35,37). The van der Waals surface area contributed by atoms with Gasteiger partial charge in [-0.05, 0) is 59.4 Å². The van der Waals surface area contributed by atoms with Crippen LogP contribution in [0.1, 0.15) is 34.3 Å². The first-order valence-electron chi connectivity index (χ1n) is 12.7. The number of rotatable bonds is 8. The zero-order chi connectivity index (χ0) is 26.3. The fraction of sp³-hybridized carbons (Fsp3) is 0.226. The summed E-state index contributed by atoms with van der Waals surface area (Å²) >= 11 is 0. The van der Waals surface area contributed by atoms with Crippen LogP contribution >= 0.6 is 0 Å². The number of pyridine rings is 1. The van der Waals surface area contributed by atoms with Gasteiger partial charge in [-0.25, -0.2) is 13.8 Å². The lowest BCUT2D eigenvalue weighted by molar-refractivity contribution is 0.0931. The van der Waals surface area contributed by atoms with Crippen molar-refractivity contribution in [1.29, 1.82) is 0 Å². The maximum Gasteiger partial charge on any atom is 0.251 e. The van der Waals surface area contributed by atoms with Gasteiger partial charge in [-0.2, -0.15) is 0 Å². The number of hydrogen-bond donors (Lipinski definition) is 1. The highest BCUT2D eigenvalue weighted by Gasteiger charge is 2.21. The molecular weight excluding hydrogens is 484 g/mol. The Bertz CT molecular complexity index is 1350. The number of halogens is 2. The monoisotopic (exact) mass is 513 g/mol. The van der Waals surface area contributed by atoms with E-state index in [9.17, 15) is 13.6 Å². The van der Waals surface area contributed by atoms with Crippen molar-refractivity contribution in [2.75, 3.05) is 13.1 Å². The van der Waals surface area contributed by atoms with Crippen molar-refractivity contribution in [3.63, 3.8) is 0 Å². The van der Waals surface area contributed by atoms with E-state index in [2.05, 4.69) is 15.2 Å². The third-order valence-electron chi connectivity index (χ3n) is 6.72. The maximum absolute atomic E-state index is 13.5. The highest BCUT2D eigenvalue weighted by molar-refractivity contribution is 5.94. The van der Waals surface area contributed by atoms with E-state index in [1.807, 2.05) is 66.7 Å². The van der Waals surface area contributed by atoms with Gasteiger partial charge in [0.2, 0.25) is 5.88 Å². The SMILES string of the molecule is O=C(NCc1ccc(OC2CCN(Cc3ccc(F)c(F)c3)CC2)nc1)c1ccc(-c2ccccc2)cc1. The van der Waals surface area contributed by atoms with Crippen LogP contribution in [0.5, 0.6) is 5.88 Å². The molecule has 1 fully saturated rings. The lowest BCUT2D eigenvalue weighted by Gasteiger charge is -2.31. The Labute approximate surface area is 221 Å². The van der Waals surface area contributed by atoms with Gasteiger partial charge >= 0.3 is 0 Å². The van der Waals surface area contributed by atoms with E-state index in [0.29, 0.717) is 24.5 Å². The summed E-state index contributed by atoms with van der Waals surface area (Å²) in [6, 6.07) is 25.4. The molecule has 0 bridgehead atoms. The van der Waals surface area contributed by atoms with Gasteiger partial charge in [0.25, 0.3) is 5.91 Å². The van der Waals surface area contributed by atoms with E-state index >= 15 is 0 Å². The van der Waals surface area contributed by atoms with Gasteiger partial charge in [-0.15, -0.1) is 0 Å². The second kappa shape index (κ2) is 12.0. The van der Waals surface area contributed by atoms with Gasteiger partial charge in [0, 0.05) is 44.0 Å². The summed E-state index contributed by atoms with van der Waals surface area (Å²) in [5.41, 5.74) is 4.43. The molecule has 0 saturated carbocycles. The third-order valence-corrected chi connectivity index (χ3v) is 6.72. The number of hydrogen-bond acceptors (Lipinski definition) is 4. The van der Waals surface area contributed by atoms with E-state index in [-0.39, 0.29) is 12.0 Å². The molecule has 5 rings (SSSR count). The Morgan fingerprint density at radius 1 is 0.868 bits per heavy atom. The summed E-state index contributed by atoms with van der Waals surface area (Å²) in [4.78, 5) is 19.2. The highest BCUT2D eigenvalue weighted by Crippen LogP contribution is 2.21. The Hall–Kier alpha value is -4.10. The molecule has 4 aromatic rings. The summed E-state index contributed by atoms with van der Waals surface area (Å²) in [5, 5.41) is 2.94. The van der Waals surface area contributed by atoms with Gasteiger partial charge in [-0.3, -0.25) is 9.69 Å². The van der Waals surface area contributed by atoms with Gasteiger partial charge in [0.15, 0.2) is 11.6 Å². The fourth-order valence-corrected chi connectivity index (χ4v) is 4.57. The highest BCUT2D eigenvalue weighted by atomic mass is 19.2. The second-order valence-corrected chi connectivity index (χ2v) is 9.47. The van der Waals surface area contributed by atoms with Gasteiger partial charge in [0.1, 0.15) is 6.10 Å². The number of aromatic nitrogens is 1. The predicted molar refractivity (Wildman–Crippen MR) is 143 cm³/mol. The molecule has 5 nitrogen and oxygen atoms in total. The van der Waals surface area contributed by atoms with Gasteiger partial charge in [-0.1, -0.05) is 54.6 Å². The molecule has 2 heterocycles. The average molecular weight is 514 g/mol. The number of likely N-dealkylation sites (tertiary alicyclic amines) is 1. The third kappa shape index (κ3) is 6.61. The minimum absolute atomic E-state index is 0.0492. The molecule has 0 radical (unpaired) electrons. The molecule has 0 unspecified atom stereocenters. The van der Waals surface area contributed by atoms with Crippen molar-refractivity contribution < 1.29 is 18.3 Å². The van der Waals surface area contributed by atoms with Crippen molar-refractivity contribution in [1.82, 2.24) is 15.2 Å². The zero-order valence-corrected chi connectivity index (χ0v) is 20.9. The molecule has 0 spiro atoms. The minimum atomic E-state index is -0.824. The van der Waals surface area contributed by atoms with Gasteiger partial charge in [0.05, 0.1) is 0 Å². The Morgan fingerprint density at radius 3 is 2.26 bits per heavy atom. The zero-order valence-electron chi connectivity index (χ0n) is 20.9. The van der Waals surface area contributed by atoms with E-state index in [4.69, 9.17) is 4.74 Å². The van der Waals surface area contributed by atoms with Crippen LogP contribution in [0.25, 0.3) is 11.1 Å². The lowest BCUT2D eigenvalue weighted by Crippen LogP contribution is -2.37. The van der Waals surface area contributed by atoms with Crippen LogP contribution in [-0.2, 0) is 13.1 Å². The van der Waals surface area contributed by atoms with Crippen molar-refractivity contribution >= 4 is 5.91 Å². The minimum Gasteiger partial charge on any atom is -0.474 e. The predicted octanol–water partition coefficient (Wildman–Crippen LogP) is 6.00. The summed E-state index contributed by atoms with van der Waals surface area (Å²) in [7, 11) is 0. The molecule has 1 N–H and O–H groups in total. The van der Waals surface area contributed by atoms with Crippen LogP contribution in [0.3, 0.4) is 0 Å². The topological polar surface area (TPSA) is 54.5 Å². The van der Waals surface area contributed by atoms with Crippen molar-refractivity contribution in [3.8, 4) is 17.0 Å². The van der Waals surface area contributed by atoms with E-state index in [1.54, 1.807) is 12.3 Å². The van der Waals surface area contributed by atoms with E-state index < -0.39 is 11.6 Å². The number of nitrogens with one attached hydrogen (secondary N) is 1. The average Bonchev–Trinajstić information content (AvgIpc) is 2.96. The largest absolute Gasteiger partial charge is 0.474 e. The number of ether oxygens (including phenoxy) is 1. The molecule has 7 heteroatoms. The molecule has 0 atom stereocenters. The molecule has 1 amide bonds.